The monoisotopic (exact) mass is 442 g/mol. The molecular formula is C25H15ClN2O4. The van der Waals surface area contributed by atoms with Crippen LogP contribution in [0.1, 0.15) is 33.5 Å². The van der Waals surface area contributed by atoms with Crippen molar-refractivity contribution in [3.63, 3.8) is 0 Å². The summed E-state index contributed by atoms with van der Waals surface area (Å²) < 4.78 is 11.4. The summed E-state index contributed by atoms with van der Waals surface area (Å²) >= 11 is 6.08. The number of benzene rings is 3. The molecule has 7 heteroatoms. The fourth-order valence-corrected chi connectivity index (χ4v) is 4.49. The van der Waals surface area contributed by atoms with Crippen molar-refractivity contribution in [2.45, 2.75) is 13.0 Å². The Morgan fingerprint density at radius 1 is 0.969 bits per heavy atom. The Morgan fingerprint density at radius 3 is 2.50 bits per heavy atom. The van der Waals surface area contributed by atoms with Crippen LogP contribution in [0, 0.1) is 6.92 Å². The number of aromatic nitrogens is 1. The lowest BCUT2D eigenvalue weighted by Gasteiger charge is -2.22. The molecule has 32 heavy (non-hydrogen) atoms. The second kappa shape index (κ2) is 6.80. The van der Waals surface area contributed by atoms with E-state index in [0.717, 1.165) is 16.3 Å². The van der Waals surface area contributed by atoms with Gasteiger partial charge in [-0.2, -0.15) is 0 Å². The number of carbonyl (C=O) groups excluding carboxylic acids is 1. The molecule has 0 N–H and O–H groups in total. The molecule has 1 unspecified atom stereocenters. The first-order valence-corrected chi connectivity index (χ1v) is 10.4. The van der Waals surface area contributed by atoms with Gasteiger partial charge in [-0.3, -0.25) is 14.5 Å². The number of nitrogens with zero attached hydrogens (tertiary/aromatic N) is 2. The minimum Gasteiger partial charge on any atom is -0.450 e. The first kappa shape index (κ1) is 18.8. The van der Waals surface area contributed by atoms with Gasteiger partial charge in [0.1, 0.15) is 11.3 Å². The number of rotatable bonds is 2. The number of hydrogen-bond acceptors (Lipinski definition) is 5. The van der Waals surface area contributed by atoms with Crippen LogP contribution in [0.25, 0.3) is 21.7 Å². The lowest BCUT2D eigenvalue weighted by atomic mass is 9.97. The molecule has 1 amide bonds. The quantitative estimate of drug-likeness (QED) is 0.330. The molecule has 0 saturated carbocycles. The maximum absolute atomic E-state index is 13.7. The zero-order valence-electron chi connectivity index (χ0n) is 16.8. The molecule has 0 spiro atoms. The number of carbonyl (C=O) groups is 1. The van der Waals surface area contributed by atoms with Crippen LogP contribution in [0.4, 0.5) is 5.82 Å². The van der Waals surface area contributed by atoms with Crippen molar-refractivity contribution in [1.82, 2.24) is 5.16 Å². The van der Waals surface area contributed by atoms with Crippen LogP contribution in [0.3, 0.4) is 0 Å². The Bertz CT molecular complexity index is 1600. The Labute approximate surface area is 186 Å². The van der Waals surface area contributed by atoms with Crippen LogP contribution in [-0.2, 0) is 0 Å². The molecule has 5 aromatic rings. The Morgan fingerprint density at radius 2 is 1.75 bits per heavy atom. The van der Waals surface area contributed by atoms with Crippen LogP contribution >= 0.6 is 11.6 Å². The molecular weight excluding hydrogens is 428 g/mol. The summed E-state index contributed by atoms with van der Waals surface area (Å²) in [5, 5.41) is 6.71. The van der Waals surface area contributed by atoms with E-state index < -0.39 is 11.9 Å². The molecule has 0 bridgehead atoms. The highest BCUT2D eigenvalue weighted by Gasteiger charge is 2.45. The van der Waals surface area contributed by atoms with Gasteiger partial charge >= 0.3 is 0 Å². The molecule has 0 fully saturated rings. The van der Waals surface area contributed by atoms with Gasteiger partial charge in [-0.05, 0) is 36.1 Å². The minimum atomic E-state index is -0.716. The van der Waals surface area contributed by atoms with E-state index in [9.17, 15) is 9.59 Å². The van der Waals surface area contributed by atoms with E-state index in [0.29, 0.717) is 27.6 Å². The minimum absolute atomic E-state index is 0.0134. The number of fused-ring (bicyclic) bond motifs is 4. The zero-order chi connectivity index (χ0) is 22.0. The average Bonchev–Trinajstić information content (AvgIpc) is 3.35. The van der Waals surface area contributed by atoms with Gasteiger partial charge in [-0.1, -0.05) is 59.2 Å². The molecule has 0 aliphatic carbocycles. The first-order chi connectivity index (χ1) is 15.5. The normalized spacial score (nSPS) is 15.6. The summed E-state index contributed by atoms with van der Waals surface area (Å²) in [7, 11) is 0. The molecule has 3 heterocycles. The summed E-state index contributed by atoms with van der Waals surface area (Å²) in [6, 6.07) is 19.2. The van der Waals surface area contributed by atoms with E-state index in [-0.39, 0.29) is 16.8 Å². The van der Waals surface area contributed by atoms with E-state index in [1.54, 1.807) is 43.3 Å². The second-order valence-corrected chi connectivity index (χ2v) is 8.20. The van der Waals surface area contributed by atoms with Crippen molar-refractivity contribution in [2.75, 3.05) is 4.90 Å². The summed E-state index contributed by atoms with van der Waals surface area (Å²) in [5.41, 5.74) is 1.15. The fourth-order valence-electron chi connectivity index (χ4n) is 4.36. The van der Waals surface area contributed by atoms with E-state index in [1.165, 1.54) is 4.90 Å². The van der Waals surface area contributed by atoms with E-state index in [2.05, 4.69) is 5.16 Å². The van der Waals surface area contributed by atoms with Gasteiger partial charge in [0.15, 0.2) is 11.2 Å². The van der Waals surface area contributed by atoms with Crippen LogP contribution in [0.15, 0.2) is 80.5 Å². The highest BCUT2D eigenvalue weighted by Crippen LogP contribution is 2.41. The molecule has 156 valence electrons. The smallest absolute Gasteiger partial charge is 0.296 e. The fraction of sp³-hybridized carbons (Fsp3) is 0.0800. The number of halogens is 1. The van der Waals surface area contributed by atoms with Crippen molar-refractivity contribution in [3.8, 4) is 0 Å². The SMILES string of the molecule is Cc1cc(N2C(=O)c3oc4c(ccc5ccccc54)c(=O)c3C2c2ccc(Cl)cc2)no1. The van der Waals surface area contributed by atoms with Crippen LogP contribution in [0.5, 0.6) is 0 Å². The third-order valence-corrected chi connectivity index (χ3v) is 6.06. The van der Waals surface area contributed by atoms with Gasteiger partial charge in [-0.15, -0.1) is 0 Å². The van der Waals surface area contributed by atoms with Gasteiger partial charge < -0.3 is 8.94 Å². The number of amides is 1. The highest BCUT2D eigenvalue weighted by atomic mass is 35.5. The van der Waals surface area contributed by atoms with Crippen molar-refractivity contribution in [2.24, 2.45) is 0 Å². The van der Waals surface area contributed by atoms with Crippen molar-refractivity contribution >= 4 is 45.1 Å². The molecule has 1 aliphatic heterocycles. The number of anilines is 1. The molecule has 0 saturated heterocycles. The lowest BCUT2D eigenvalue weighted by Crippen LogP contribution is -2.29. The predicted octanol–water partition coefficient (Wildman–Crippen LogP) is 5.65. The summed E-state index contributed by atoms with van der Waals surface area (Å²) in [6.07, 6.45) is 0. The van der Waals surface area contributed by atoms with E-state index in [1.807, 2.05) is 30.3 Å². The first-order valence-electron chi connectivity index (χ1n) is 10.0. The largest absolute Gasteiger partial charge is 0.450 e. The van der Waals surface area contributed by atoms with Crippen LogP contribution in [0.2, 0.25) is 5.02 Å². The van der Waals surface area contributed by atoms with E-state index >= 15 is 0 Å². The molecule has 0 radical (unpaired) electrons. The van der Waals surface area contributed by atoms with Gasteiger partial charge in [0.2, 0.25) is 5.76 Å². The molecule has 6 nitrogen and oxygen atoms in total. The molecule has 1 aliphatic rings. The Kier molecular flexibility index (Phi) is 4.00. The van der Waals surface area contributed by atoms with E-state index in [4.69, 9.17) is 20.5 Å². The van der Waals surface area contributed by atoms with Crippen molar-refractivity contribution in [3.05, 3.63) is 105 Å². The Balaban J connectivity index is 1.69. The maximum atomic E-state index is 13.7. The Hall–Kier alpha value is -3.90. The zero-order valence-corrected chi connectivity index (χ0v) is 17.6. The lowest BCUT2D eigenvalue weighted by molar-refractivity contribution is 0.0969. The van der Waals surface area contributed by atoms with Crippen molar-refractivity contribution in [1.29, 1.82) is 0 Å². The molecule has 3 aromatic carbocycles. The average molecular weight is 443 g/mol. The summed E-state index contributed by atoms with van der Waals surface area (Å²) in [6.45, 7) is 1.74. The molecule has 2 aromatic heterocycles. The summed E-state index contributed by atoms with van der Waals surface area (Å²) in [4.78, 5) is 28.7. The van der Waals surface area contributed by atoms with Crippen LogP contribution in [-0.4, -0.2) is 11.1 Å². The molecule has 1 atom stereocenters. The van der Waals surface area contributed by atoms with Crippen LogP contribution < -0.4 is 10.3 Å². The summed E-state index contributed by atoms with van der Waals surface area (Å²) in [5.74, 6) is 0.431. The third kappa shape index (κ3) is 2.63. The maximum Gasteiger partial charge on any atom is 0.296 e. The van der Waals surface area contributed by atoms with Gasteiger partial charge in [-0.25, -0.2) is 0 Å². The predicted molar refractivity (Wildman–Crippen MR) is 121 cm³/mol. The number of hydrogen-bond donors (Lipinski definition) is 0. The third-order valence-electron chi connectivity index (χ3n) is 5.81. The van der Waals surface area contributed by atoms with Crippen molar-refractivity contribution < 1.29 is 13.7 Å². The number of aryl methyl sites for hydroxylation is 1. The van der Waals surface area contributed by atoms with Gasteiger partial charge in [0.05, 0.1) is 17.0 Å². The second-order valence-electron chi connectivity index (χ2n) is 7.76. The van der Waals surface area contributed by atoms with Gasteiger partial charge in [0, 0.05) is 16.5 Å². The topological polar surface area (TPSA) is 76.6 Å². The standard InChI is InChI=1S/C25H15ClN2O4/c1-13-12-19(27-32-13)28-21(15-6-9-16(26)10-7-15)20-22(29)18-11-8-14-4-2-3-5-17(14)23(18)31-24(20)25(28)30/h2-12,21H,1H3. The van der Waals surface area contributed by atoms with Gasteiger partial charge in [0.25, 0.3) is 5.91 Å². The highest BCUT2D eigenvalue weighted by molar-refractivity contribution is 6.30. The molecule has 6 rings (SSSR count).